The summed E-state index contributed by atoms with van der Waals surface area (Å²) in [4.78, 5) is 3.86. The van der Waals surface area contributed by atoms with E-state index < -0.39 is 0 Å². The molecule has 7 heteroatoms. The van der Waals surface area contributed by atoms with Gasteiger partial charge < -0.3 is 44.7 Å². The Balaban J connectivity index is -0.000000845. The Morgan fingerprint density at radius 1 is 1.19 bits per heavy atom. The molecule has 0 aliphatic heterocycles. The SMILES string of the molecule is C[N+](C)(C)CCOCCCN=C(N)N.I.[I-]. The number of nitrogens with two attached hydrogens (primary N) is 2. The van der Waals surface area contributed by atoms with Crippen LogP contribution in [-0.4, -0.2) is 57.9 Å². The van der Waals surface area contributed by atoms with Crippen molar-refractivity contribution in [1.82, 2.24) is 0 Å². The van der Waals surface area contributed by atoms with Gasteiger partial charge in [0.2, 0.25) is 0 Å². The fourth-order valence-corrected chi connectivity index (χ4v) is 0.815. The summed E-state index contributed by atoms with van der Waals surface area (Å²) in [6.07, 6.45) is 0.870. The van der Waals surface area contributed by atoms with E-state index in [-0.39, 0.29) is 53.9 Å². The van der Waals surface area contributed by atoms with Crippen LogP contribution in [0.15, 0.2) is 4.99 Å². The van der Waals surface area contributed by atoms with Crippen LogP contribution in [-0.2, 0) is 4.74 Å². The largest absolute Gasteiger partial charge is 1.00 e. The lowest BCUT2D eigenvalue weighted by Gasteiger charge is -2.23. The molecule has 0 fully saturated rings. The number of ether oxygens (including phenoxy) is 1. The zero-order chi connectivity index (χ0) is 11.0. The monoisotopic (exact) mass is 458 g/mol. The quantitative estimate of drug-likeness (QED) is 0.141. The number of aliphatic imine (C=N–C) groups is 1. The van der Waals surface area contributed by atoms with E-state index in [1.807, 2.05) is 0 Å². The maximum absolute atomic E-state index is 5.42. The fraction of sp³-hybridized carbons (Fsp3) is 0.889. The molecule has 0 atom stereocenters. The molecule has 0 bridgehead atoms. The summed E-state index contributed by atoms with van der Waals surface area (Å²) >= 11 is 0. The molecule has 0 aliphatic rings. The summed E-state index contributed by atoms with van der Waals surface area (Å²) in [7, 11) is 6.42. The molecule has 0 spiro atoms. The standard InChI is InChI=1S/C9H23N4O.2HI/c1-13(2,3)6-8-14-7-4-5-12-9(10)11;;/h4-8H2,1-3H3,(H4,10,11,12);2*1H/q+1;;/p-1. The maximum Gasteiger partial charge on any atom is 0.185 e. The molecule has 0 amide bonds. The van der Waals surface area contributed by atoms with Crippen LogP contribution in [0.4, 0.5) is 0 Å². The van der Waals surface area contributed by atoms with Crippen LogP contribution < -0.4 is 35.4 Å². The van der Waals surface area contributed by atoms with E-state index in [9.17, 15) is 0 Å². The van der Waals surface area contributed by atoms with Crippen LogP contribution in [0, 0.1) is 0 Å². The fourth-order valence-electron chi connectivity index (χ4n) is 0.815. The lowest BCUT2D eigenvalue weighted by molar-refractivity contribution is -0.870. The van der Waals surface area contributed by atoms with E-state index in [0.29, 0.717) is 6.54 Å². The summed E-state index contributed by atoms with van der Waals surface area (Å²) in [5, 5.41) is 0. The van der Waals surface area contributed by atoms with Crippen molar-refractivity contribution in [3.63, 3.8) is 0 Å². The molecule has 0 aromatic carbocycles. The first-order chi connectivity index (χ1) is 6.42. The van der Waals surface area contributed by atoms with Gasteiger partial charge in [-0.1, -0.05) is 0 Å². The first-order valence-corrected chi connectivity index (χ1v) is 4.85. The number of quaternary nitrogens is 1. The summed E-state index contributed by atoms with van der Waals surface area (Å²) in [5.41, 5.74) is 10.3. The van der Waals surface area contributed by atoms with Gasteiger partial charge in [0.05, 0.1) is 27.7 Å². The number of nitrogens with zero attached hydrogens (tertiary/aromatic N) is 2. The van der Waals surface area contributed by atoms with Gasteiger partial charge in [-0.15, -0.1) is 24.0 Å². The van der Waals surface area contributed by atoms with Crippen molar-refractivity contribution in [2.75, 3.05) is 47.4 Å². The summed E-state index contributed by atoms with van der Waals surface area (Å²) in [6.45, 7) is 3.16. The van der Waals surface area contributed by atoms with Crippen molar-refractivity contribution in [1.29, 1.82) is 0 Å². The van der Waals surface area contributed by atoms with Crippen LogP contribution in [0.2, 0.25) is 0 Å². The molecule has 0 radical (unpaired) electrons. The van der Waals surface area contributed by atoms with Crippen molar-refractivity contribution in [3.05, 3.63) is 0 Å². The predicted molar refractivity (Wildman–Crippen MR) is 74.4 cm³/mol. The molecule has 0 saturated heterocycles. The molecule has 16 heavy (non-hydrogen) atoms. The van der Waals surface area contributed by atoms with E-state index in [4.69, 9.17) is 16.2 Å². The van der Waals surface area contributed by atoms with Gasteiger partial charge in [0.1, 0.15) is 6.54 Å². The minimum atomic E-state index is 0. The zero-order valence-electron chi connectivity index (χ0n) is 10.3. The van der Waals surface area contributed by atoms with Gasteiger partial charge in [-0.2, -0.15) is 0 Å². The molecule has 0 saturated carbocycles. The number of guanidine groups is 1. The number of rotatable bonds is 7. The molecule has 0 heterocycles. The Morgan fingerprint density at radius 2 is 1.75 bits per heavy atom. The highest BCUT2D eigenvalue weighted by atomic mass is 127. The molecule has 100 valence electrons. The van der Waals surface area contributed by atoms with Crippen molar-refractivity contribution >= 4 is 29.9 Å². The normalized spacial score (nSPS) is 9.94. The highest BCUT2D eigenvalue weighted by molar-refractivity contribution is 14.0. The Labute approximate surface area is 133 Å². The van der Waals surface area contributed by atoms with Gasteiger partial charge in [-0.25, -0.2) is 0 Å². The topological polar surface area (TPSA) is 73.6 Å². The van der Waals surface area contributed by atoms with Gasteiger partial charge in [0.15, 0.2) is 5.96 Å². The van der Waals surface area contributed by atoms with Crippen LogP contribution in [0.3, 0.4) is 0 Å². The van der Waals surface area contributed by atoms with Crippen LogP contribution in [0.5, 0.6) is 0 Å². The number of likely N-dealkylation sites (N-methyl/N-ethyl adjacent to an activating group) is 1. The third kappa shape index (κ3) is 20.1. The molecular weight excluding hydrogens is 434 g/mol. The Bertz CT molecular complexity index is 179. The lowest BCUT2D eigenvalue weighted by atomic mass is 10.4. The minimum absolute atomic E-state index is 0. The Morgan fingerprint density at radius 3 is 2.19 bits per heavy atom. The van der Waals surface area contributed by atoms with Gasteiger partial charge in [-0.05, 0) is 6.42 Å². The Kier molecular flexibility index (Phi) is 16.6. The molecule has 0 aromatic heterocycles. The summed E-state index contributed by atoms with van der Waals surface area (Å²) < 4.78 is 6.35. The summed E-state index contributed by atoms with van der Waals surface area (Å²) in [5.74, 6) is 0.149. The molecular formula is C9H24I2N4O. The molecule has 4 N–H and O–H groups in total. The highest BCUT2D eigenvalue weighted by Gasteiger charge is 2.04. The van der Waals surface area contributed by atoms with Crippen LogP contribution >= 0.6 is 24.0 Å². The van der Waals surface area contributed by atoms with E-state index in [1.165, 1.54) is 0 Å². The first kappa shape index (κ1) is 21.9. The molecule has 0 aliphatic carbocycles. The molecule has 0 unspecified atom stereocenters. The highest BCUT2D eigenvalue weighted by Crippen LogP contribution is 1.90. The van der Waals surface area contributed by atoms with E-state index in [1.54, 1.807) is 0 Å². The molecule has 0 aromatic rings. The van der Waals surface area contributed by atoms with Gasteiger partial charge in [-0.3, -0.25) is 4.99 Å². The Hall–Kier alpha value is 0.650. The van der Waals surface area contributed by atoms with E-state index >= 15 is 0 Å². The van der Waals surface area contributed by atoms with E-state index in [0.717, 1.165) is 30.7 Å². The summed E-state index contributed by atoms with van der Waals surface area (Å²) in [6, 6.07) is 0. The maximum atomic E-state index is 5.42. The predicted octanol–water partition coefficient (Wildman–Crippen LogP) is -3.01. The second kappa shape index (κ2) is 12.1. The van der Waals surface area contributed by atoms with Crippen molar-refractivity contribution < 1.29 is 33.2 Å². The van der Waals surface area contributed by atoms with Gasteiger partial charge >= 0.3 is 0 Å². The van der Waals surface area contributed by atoms with Crippen LogP contribution in [0.1, 0.15) is 6.42 Å². The van der Waals surface area contributed by atoms with Crippen molar-refractivity contribution in [2.45, 2.75) is 6.42 Å². The third-order valence-electron chi connectivity index (χ3n) is 1.65. The average Bonchev–Trinajstić information content (AvgIpc) is 2.00. The number of hydrogen-bond donors (Lipinski definition) is 2. The lowest BCUT2D eigenvalue weighted by Crippen LogP contribution is -3.00. The molecule has 0 rings (SSSR count). The van der Waals surface area contributed by atoms with Gasteiger partial charge in [0.25, 0.3) is 0 Å². The smallest absolute Gasteiger partial charge is 0.185 e. The van der Waals surface area contributed by atoms with Crippen LogP contribution in [0.25, 0.3) is 0 Å². The van der Waals surface area contributed by atoms with Crippen molar-refractivity contribution in [2.24, 2.45) is 16.5 Å². The van der Waals surface area contributed by atoms with E-state index in [2.05, 4.69) is 26.1 Å². The minimum Gasteiger partial charge on any atom is -1.00 e. The van der Waals surface area contributed by atoms with Crippen molar-refractivity contribution in [3.8, 4) is 0 Å². The third-order valence-corrected chi connectivity index (χ3v) is 1.65. The van der Waals surface area contributed by atoms with Gasteiger partial charge in [0, 0.05) is 13.2 Å². The second-order valence-electron chi connectivity index (χ2n) is 4.29. The molecule has 5 nitrogen and oxygen atoms in total. The number of halogens is 2. The zero-order valence-corrected chi connectivity index (χ0v) is 14.8. The number of hydrogen-bond acceptors (Lipinski definition) is 2. The first-order valence-electron chi connectivity index (χ1n) is 4.85. The second-order valence-corrected chi connectivity index (χ2v) is 4.29. The average molecular weight is 458 g/mol.